The number of unbranched alkanes of at least 4 members (excludes halogenated alkanes) is 2. The molecule has 0 aromatic carbocycles. The van der Waals surface area contributed by atoms with Crippen LogP contribution in [-0.4, -0.2) is 18.9 Å². The first kappa shape index (κ1) is 12.8. The summed E-state index contributed by atoms with van der Waals surface area (Å²) >= 11 is 0. The Balaban J connectivity index is 2.36. The summed E-state index contributed by atoms with van der Waals surface area (Å²) in [7, 11) is 0. The van der Waals surface area contributed by atoms with Gasteiger partial charge in [-0.15, -0.1) is 5.53 Å². The maximum absolute atomic E-state index is 4.44. The molecule has 0 aromatic heterocycles. The number of nitrogens with zero attached hydrogens (tertiary/aromatic N) is 1. The van der Waals surface area contributed by atoms with Crippen molar-refractivity contribution < 1.29 is 0 Å². The number of aliphatic imine (C=N–C) groups is 1. The predicted molar refractivity (Wildman–Crippen MR) is 67.6 cm³/mol. The zero-order valence-corrected chi connectivity index (χ0v) is 10.3. The molecule has 0 atom stereocenters. The highest BCUT2D eigenvalue weighted by Crippen LogP contribution is 1.93. The number of hydrogen-bond acceptors (Lipinski definition) is 4. The molecule has 0 unspecified atom stereocenters. The van der Waals surface area contributed by atoms with Gasteiger partial charge in [-0.05, 0) is 12.8 Å². The molecule has 4 N–H and O–H groups in total. The van der Waals surface area contributed by atoms with Gasteiger partial charge in [-0.1, -0.05) is 26.7 Å². The molecule has 1 aliphatic heterocycles. The van der Waals surface area contributed by atoms with E-state index < -0.39 is 0 Å². The van der Waals surface area contributed by atoms with Gasteiger partial charge < -0.3 is 5.32 Å². The van der Waals surface area contributed by atoms with E-state index in [-0.39, 0.29) is 0 Å². The molecule has 1 aliphatic rings. The van der Waals surface area contributed by atoms with E-state index in [1.54, 1.807) is 0 Å². The SMILES string of the molecule is CCCCN=C1C=C(NCCCC)NNN1. The van der Waals surface area contributed by atoms with E-state index in [0.29, 0.717) is 0 Å². The Hall–Kier alpha value is -1.23. The summed E-state index contributed by atoms with van der Waals surface area (Å²) < 4.78 is 0. The van der Waals surface area contributed by atoms with E-state index in [4.69, 9.17) is 0 Å². The highest BCUT2D eigenvalue weighted by atomic mass is 15.6. The van der Waals surface area contributed by atoms with Crippen LogP contribution in [0.25, 0.3) is 0 Å². The monoisotopic (exact) mass is 225 g/mol. The van der Waals surface area contributed by atoms with Crippen molar-refractivity contribution in [3.8, 4) is 0 Å². The summed E-state index contributed by atoms with van der Waals surface area (Å²) in [5, 5.41) is 3.31. The van der Waals surface area contributed by atoms with Crippen molar-refractivity contribution in [2.24, 2.45) is 4.99 Å². The van der Waals surface area contributed by atoms with Crippen LogP contribution in [0.3, 0.4) is 0 Å². The summed E-state index contributed by atoms with van der Waals surface area (Å²) in [5.41, 5.74) is 8.85. The van der Waals surface area contributed by atoms with Crippen LogP contribution in [0, 0.1) is 0 Å². The quantitative estimate of drug-likeness (QED) is 0.489. The minimum absolute atomic E-state index is 0.874. The molecule has 16 heavy (non-hydrogen) atoms. The van der Waals surface area contributed by atoms with Gasteiger partial charge in [0, 0.05) is 19.2 Å². The van der Waals surface area contributed by atoms with E-state index in [1.165, 1.54) is 19.3 Å². The Morgan fingerprint density at radius 2 is 2.00 bits per heavy atom. The molecule has 5 heteroatoms. The number of rotatable bonds is 7. The zero-order chi connectivity index (χ0) is 11.6. The largest absolute Gasteiger partial charge is 0.371 e. The molecule has 1 rings (SSSR count). The summed E-state index contributed by atoms with van der Waals surface area (Å²) in [6.45, 7) is 6.21. The zero-order valence-electron chi connectivity index (χ0n) is 10.3. The minimum atomic E-state index is 0.874. The van der Waals surface area contributed by atoms with Crippen molar-refractivity contribution in [2.45, 2.75) is 39.5 Å². The van der Waals surface area contributed by atoms with E-state index in [9.17, 15) is 0 Å². The lowest BCUT2D eigenvalue weighted by atomic mass is 10.3. The van der Waals surface area contributed by atoms with Gasteiger partial charge in [0.1, 0.15) is 11.7 Å². The van der Waals surface area contributed by atoms with Crippen molar-refractivity contribution in [1.82, 2.24) is 21.7 Å². The van der Waals surface area contributed by atoms with Crippen molar-refractivity contribution in [3.05, 3.63) is 11.9 Å². The first-order valence-electron chi connectivity index (χ1n) is 6.13. The topological polar surface area (TPSA) is 60.5 Å². The summed E-state index contributed by atoms with van der Waals surface area (Å²) in [6, 6.07) is 0. The lowest BCUT2D eigenvalue weighted by molar-refractivity contribution is 0.511. The third kappa shape index (κ3) is 5.02. The van der Waals surface area contributed by atoms with Gasteiger partial charge in [-0.2, -0.15) is 0 Å². The number of amidine groups is 1. The fraction of sp³-hybridized carbons (Fsp3) is 0.727. The lowest BCUT2D eigenvalue weighted by Gasteiger charge is -2.20. The summed E-state index contributed by atoms with van der Waals surface area (Å²) in [6.07, 6.45) is 6.67. The van der Waals surface area contributed by atoms with Gasteiger partial charge >= 0.3 is 0 Å². The van der Waals surface area contributed by atoms with E-state index >= 15 is 0 Å². The average molecular weight is 225 g/mol. The standard InChI is InChI=1S/C11H23N5/c1-3-5-7-12-10-9-11(15-16-14-10)13-8-6-4-2/h9,12,14,16H,3-8H2,1-2H3,(H,13,15). The third-order valence-corrected chi connectivity index (χ3v) is 2.31. The molecule has 1 heterocycles. The molecule has 0 radical (unpaired) electrons. The maximum Gasteiger partial charge on any atom is 0.140 e. The van der Waals surface area contributed by atoms with Crippen LogP contribution >= 0.6 is 0 Å². The van der Waals surface area contributed by atoms with Gasteiger partial charge in [-0.25, -0.2) is 0 Å². The van der Waals surface area contributed by atoms with E-state index in [0.717, 1.165) is 31.2 Å². The van der Waals surface area contributed by atoms with Gasteiger partial charge in [0.15, 0.2) is 0 Å². The van der Waals surface area contributed by atoms with Crippen molar-refractivity contribution in [1.29, 1.82) is 0 Å². The minimum Gasteiger partial charge on any atom is -0.371 e. The van der Waals surface area contributed by atoms with Crippen molar-refractivity contribution in [3.63, 3.8) is 0 Å². The van der Waals surface area contributed by atoms with Gasteiger partial charge in [0.2, 0.25) is 0 Å². The third-order valence-electron chi connectivity index (χ3n) is 2.31. The molecule has 0 saturated carbocycles. The lowest BCUT2D eigenvalue weighted by Crippen LogP contribution is -2.52. The van der Waals surface area contributed by atoms with E-state index in [1.807, 2.05) is 6.08 Å². The highest BCUT2D eigenvalue weighted by Gasteiger charge is 2.04. The molecule has 0 fully saturated rings. The Bertz CT molecular complexity index is 247. The molecule has 0 saturated heterocycles. The predicted octanol–water partition coefficient (Wildman–Crippen LogP) is 1.03. The summed E-state index contributed by atoms with van der Waals surface area (Å²) in [4.78, 5) is 4.44. The molecule has 5 nitrogen and oxygen atoms in total. The molecule has 0 aromatic rings. The Labute approximate surface area is 97.7 Å². The van der Waals surface area contributed by atoms with Crippen LogP contribution in [-0.2, 0) is 0 Å². The van der Waals surface area contributed by atoms with Crippen LogP contribution in [0.15, 0.2) is 16.9 Å². The normalized spacial score (nSPS) is 17.6. The average Bonchev–Trinajstić information content (AvgIpc) is 2.30. The van der Waals surface area contributed by atoms with Crippen LogP contribution in [0.5, 0.6) is 0 Å². The molecule has 0 aliphatic carbocycles. The molecule has 0 amide bonds. The molecule has 0 bridgehead atoms. The fourth-order valence-corrected chi connectivity index (χ4v) is 1.31. The number of nitrogens with one attached hydrogen (secondary N) is 4. The molecular formula is C11H23N5. The van der Waals surface area contributed by atoms with E-state index in [2.05, 4.69) is 40.5 Å². The fourth-order valence-electron chi connectivity index (χ4n) is 1.31. The van der Waals surface area contributed by atoms with Crippen LogP contribution in [0.1, 0.15) is 39.5 Å². The second-order valence-corrected chi connectivity index (χ2v) is 3.83. The van der Waals surface area contributed by atoms with Crippen LogP contribution in [0.2, 0.25) is 0 Å². The molecular weight excluding hydrogens is 202 g/mol. The van der Waals surface area contributed by atoms with Gasteiger partial charge in [0.05, 0.1) is 0 Å². The summed E-state index contributed by atoms with van der Waals surface area (Å²) in [5.74, 6) is 1.86. The van der Waals surface area contributed by atoms with Gasteiger partial charge in [0.25, 0.3) is 0 Å². The highest BCUT2D eigenvalue weighted by molar-refractivity contribution is 5.93. The molecule has 0 spiro atoms. The maximum atomic E-state index is 4.44. The molecule has 92 valence electrons. The van der Waals surface area contributed by atoms with Crippen LogP contribution < -0.4 is 21.7 Å². The second-order valence-electron chi connectivity index (χ2n) is 3.83. The van der Waals surface area contributed by atoms with Crippen molar-refractivity contribution in [2.75, 3.05) is 13.1 Å². The Morgan fingerprint density at radius 1 is 1.19 bits per heavy atom. The Morgan fingerprint density at radius 3 is 2.75 bits per heavy atom. The van der Waals surface area contributed by atoms with Crippen LogP contribution in [0.4, 0.5) is 0 Å². The first-order chi connectivity index (χ1) is 7.86. The first-order valence-corrected chi connectivity index (χ1v) is 6.13. The second kappa shape index (κ2) is 7.98. The Kier molecular flexibility index (Phi) is 6.41. The smallest absolute Gasteiger partial charge is 0.140 e. The number of hydrazine groups is 2. The number of hydrogen-bond donors (Lipinski definition) is 4. The van der Waals surface area contributed by atoms with Crippen molar-refractivity contribution >= 4 is 5.84 Å². The van der Waals surface area contributed by atoms with Gasteiger partial charge in [-0.3, -0.25) is 15.8 Å².